The number of amides is 2. The highest BCUT2D eigenvalue weighted by Gasteiger charge is 2.22. The highest BCUT2D eigenvalue weighted by Crippen LogP contribution is 2.27. The van der Waals surface area contributed by atoms with Crippen molar-refractivity contribution in [2.75, 3.05) is 18.6 Å². The number of nitrogens with one attached hydrogen (secondary N) is 2. The Bertz CT molecular complexity index is 326. The van der Waals surface area contributed by atoms with Crippen LogP contribution in [0.25, 0.3) is 0 Å². The van der Waals surface area contributed by atoms with Crippen molar-refractivity contribution >= 4 is 23.8 Å². The molecule has 0 aliphatic heterocycles. The Hall–Kier alpha value is -0.910. The van der Waals surface area contributed by atoms with Crippen LogP contribution in [0.15, 0.2) is 0 Å². The molecule has 1 saturated carbocycles. The number of hydrogen-bond acceptors (Lipinski definition) is 3. The highest BCUT2D eigenvalue weighted by molar-refractivity contribution is 7.98. The van der Waals surface area contributed by atoms with E-state index in [4.69, 9.17) is 5.11 Å². The van der Waals surface area contributed by atoms with Crippen LogP contribution >= 0.6 is 11.8 Å². The first-order valence-corrected chi connectivity index (χ1v) is 8.68. The lowest BCUT2D eigenvalue weighted by molar-refractivity contribution is -0.139. The molecule has 3 unspecified atom stereocenters. The largest absolute Gasteiger partial charge is 0.480 e. The van der Waals surface area contributed by atoms with Crippen LogP contribution in [0.2, 0.25) is 0 Å². The van der Waals surface area contributed by atoms with Crippen molar-refractivity contribution in [1.29, 1.82) is 0 Å². The van der Waals surface area contributed by atoms with Gasteiger partial charge in [0.25, 0.3) is 0 Å². The molecule has 116 valence electrons. The van der Waals surface area contributed by atoms with E-state index in [-0.39, 0.29) is 6.03 Å². The molecular formula is C14H26N2O3S. The van der Waals surface area contributed by atoms with Gasteiger partial charge in [-0.1, -0.05) is 19.8 Å². The summed E-state index contributed by atoms with van der Waals surface area (Å²) in [7, 11) is 0. The average molecular weight is 302 g/mol. The Morgan fingerprint density at radius 1 is 1.40 bits per heavy atom. The van der Waals surface area contributed by atoms with Crippen molar-refractivity contribution in [2.45, 2.75) is 45.1 Å². The molecule has 0 radical (unpaired) electrons. The van der Waals surface area contributed by atoms with Crippen LogP contribution in [-0.4, -0.2) is 41.7 Å². The van der Waals surface area contributed by atoms with Gasteiger partial charge in [-0.2, -0.15) is 11.8 Å². The van der Waals surface area contributed by atoms with Gasteiger partial charge < -0.3 is 15.7 Å². The summed E-state index contributed by atoms with van der Waals surface area (Å²) in [5.41, 5.74) is 0. The zero-order valence-electron chi connectivity index (χ0n) is 12.4. The molecule has 0 heterocycles. The molecule has 1 fully saturated rings. The van der Waals surface area contributed by atoms with Crippen molar-refractivity contribution in [3.63, 3.8) is 0 Å². The van der Waals surface area contributed by atoms with Crippen molar-refractivity contribution in [3.05, 3.63) is 0 Å². The second-order valence-electron chi connectivity index (χ2n) is 5.66. The molecule has 3 N–H and O–H groups in total. The summed E-state index contributed by atoms with van der Waals surface area (Å²) in [6, 6.07) is -1.16. The number of carboxylic acids is 1. The Morgan fingerprint density at radius 3 is 2.75 bits per heavy atom. The third-order valence-corrected chi connectivity index (χ3v) is 4.45. The van der Waals surface area contributed by atoms with E-state index < -0.39 is 12.0 Å². The quantitative estimate of drug-likeness (QED) is 0.674. The summed E-state index contributed by atoms with van der Waals surface area (Å²) in [6.07, 6.45) is 7.17. The van der Waals surface area contributed by atoms with Gasteiger partial charge in [-0.3, -0.25) is 0 Å². The first kappa shape index (κ1) is 17.1. The van der Waals surface area contributed by atoms with E-state index in [0.29, 0.717) is 18.9 Å². The smallest absolute Gasteiger partial charge is 0.326 e. The third kappa shape index (κ3) is 6.50. The van der Waals surface area contributed by atoms with Gasteiger partial charge in [-0.15, -0.1) is 0 Å². The maximum absolute atomic E-state index is 11.8. The van der Waals surface area contributed by atoms with Crippen LogP contribution in [0.4, 0.5) is 4.79 Å². The standard InChI is InChI=1S/C14H26N2O3S/c1-10-4-3-5-11(8-10)9-15-14(19)16-12(13(17)18)6-7-20-2/h10-12H,3-9H2,1-2H3,(H,17,18)(H2,15,16,19). The zero-order chi connectivity index (χ0) is 15.0. The summed E-state index contributed by atoms with van der Waals surface area (Å²) in [6.45, 7) is 2.89. The summed E-state index contributed by atoms with van der Waals surface area (Å²) >= 11 is 1.58. The Balaban J connectivity index is 2.28. The van der Waals surface area contributed by atoms with Crippen molar-refractivity contribution < 1.29 is 14.7 Å². The van der Waals surface area contributed by atoms with Crippen LogP contribution < -0.4 is 10.6 Å². The Kier molecular flexibility index (Phi) is 7.80. The van der Waals surface area contributed by atoms with E-state index in [2.05, 4.69) is 17.6 Å². The number of rotatable bonds is 7. The summed E-state index contributed by atoms with van der Waals surface area (Å²) in [4.78, 5) is 22.8. The van der Waals surface area contributed by atoms with Gasteiger partial charge in [0.15, 0.2) is 0 Å². The highest BCUT2D eigenvalue weighted by atomic mass is 32.2. The number of thioether (sulfide) groups is 1. The molecule has 0 saturated heterocycles. The molecule has 0 aromatic carbocycles. The fraction of sp³-hybridized carbons (Fsp3) is 0.857. The topological polar surface area (TPSA) is 78.4 Å². The fourth-order valence-corrected chi connectivity index (χ4v) is 3.16. The lowest BCUT2D eigenvalue weighted by atomic mass is 9.82. The molecule has 1 aliphatic carbocycles. The number of aliphatic carboxylic acids is 1. The molecule has 0 aromatic heterocycles. The minimum atomic E-state index is -0.972. The number of hydrogen-bond donors (Lipinski definition) is 3. The lowest BCUT2D eigenvalue weighted by Crippen LogP contribution is -2.47. The van der Waals surface area contributed by atoms with Crippen LogP contribution in [0.5, 0.6) is 0 Å². The summed E-state index contributed by atoms with van der Waals surface area (Å²) < 4.78 is 0. The first-order chi connectivity index (χ1) is 9.52. The van der Waals surface area contributed by atoms with Crippen LogP contribution in [0.3, 0.4) is 0 Å². The van der Waals surface area contributed by atoms with Gasteiger partial charge in [0.1, 0.15) is 6.04 Å². The van der Waals surface area contributed by atoms with Crippen LogP contribution in [0, 0.1) is 11.8 Å². The van der Waals surface area contributed by atoms with E-state index in [1.807, 2.05) is 6.26 Å². The summed E-state index contributed by atoms with van der Waals surface area (Å²) in [5.74, 6) is 1.00. The van der Waals surface area contributed by atoms with E-state index in [1.54, 1.807) is 11.8 Å². The number of carboxylic acid groups (broad SMARTS) is 1. The molecule has 0 bridgehead atoms. The van der Waals surface area contributed by atoms with Crippen molar-refractivity contribution in [1.82, 2.24) is 10.6 Å². The van der Waals surface area contributed by atoms with Crippen LogP contribution in [0.1, 0.15) is 39.0 Å². The van der Waals surface area contributed by atoms with Crippen LogP contribution in [-0.2, 0) is 4.79 Å². The Morgan fingerprint density at radius 2 is 2.15 bits per heavy atom. The number of carbonyl (C=O) groups is 2. The molecule has 6 heteroatoms. The number of carbonyl (C=O) groups excluding carboxylic acids is 1. The number of urea groups is 1. The summed E-state index contributed by atoms with van der Waals surface area (Å²) in [5, 5.41) is 14.4. The zero-order valence-corrected chi connectivity index (χ0v) is 13.2. The average Bonchev–Trinajstić information content (AvgIpc) is 2.41. The van der Waals surface area contributed by atoms with E-state index in [0.717, 1.165) is 24.5 Å². The molecule has 2 amide bonds. The van der Waals surface area contributed by atoms with Gasteiger partial charge in [-0.05, 0) is 43.1 Å². The monoisotopic (exact) mass is 302 g/mol. The van der Waals surface area contributed by atoms with Gasteiger partial charge in [0.2, 0.25) is 0 Å². The normalized spacial score (nSPS) is 23.9. The molecule has 1 rings (SSSR count). The van der Waals surface area contributed by atoms with E-state index in [9.17, 15) is 9.59 Å². The fourth-order valence-electron chi connectivity index (χ4n) is 2.68. The second-order valence-corrected chi connectivity index (χ2v) is 6.65. The molecule has 1 aliphatic rings. The van der Waals surface area contributed by atoms with Crippen molar-refractivity contribution in [3.8, 4) is 0 Å². The third-order valence-electron chi connectivity index (χ3n) is 3.81. The van der Waals surface area contributed by atoms with E-state index >= 15 is 0 Å². The lowest BCUT2D eigenvalue weighted by Gasteiger charge is -2.27. The predicted octanol–water partition coefficient (Wildman–Crippen LogP) is 2.32. The molecule has 3 atom stereocenters. The minimum Gasteiger partial charge on any atom is -0.480 e. The minimum absolute atomic E-state index is 0.364. The van der Waals surface area contributed by atoms with Gasteiger partial charge in [0.05, 0.1) is 0 Å². The molecule has 0 spiro atoms. The van der Waals surface area contributed by atoms with Gasteiger partial charge in [0, 0.05) is 6.54 Å². The SMILES string of the molecule is CSCCC(NC(=O)NCC1CCCC(C)C1)C(=O)O. The molecular weight excluding hydrogens is 276 g/mol. The molecule has 5 nitrogen and oxygen atoms in total. The van der Waals surface area contributed by atoms with Gasteiger partial charge in [-0.25, -0.2) is 9.59 Å². The molecule has 0 aromatic rings. The second kappa shape index (κ2) is 9.10. The van der Waals surface area contributed by atoms with Crippen molar-refractivity contribution in [2.24, 2.45) is 11.8 Å². The Labute approximate surface area is 125 Å². The van der Waals surface area contributed by atoms with E-state index in [1.165, 1.54) is 12.8 Å². The maximum Gasteiger partial charge on any atom is 0.326 e. The maximum atomic E-state index is 11.8. The predicted molar refractivity (Wildman–Crippen MR) is 82.1 cm³/mol. The molecule has 20 heavy (non-hydrogen) atoms. The first-order valence-electron chi connectivity index (χ1n) is 7.29. The van der Waals surface area contributed by atoms with Gasteiger partial charge >= 0.3 is 12.0 Å².